The summed E-state index contributed by atoms with van der Waals surface area (Å²) < 4.78 is 22.2. The Bertz CT molecular complexity index is 1450. The van der Waals surface area contributed by atoms with E-state index in [0.29, 0.717) is 23.5 Å². The quantitative estimate of drug-likeness (QED) is 0.241. The molecule has 0 fully saturated rings. The highest BCUT2D eigenvalue weighted by Crippen LogP contribution is 2.28. The Morgan fingerprint density at radius 3 is 2.31 bits per heavy atom. The molecule has 1 aromatic heterocycles. The summed E-state index contributed by atoms with van der Waals surface area (Å²) in [6.07, 6.45) is 0.737. The zero-order valence-electron chi connectivity index (χ0n) is 19.6. The maximum atomic E-state index is 13.1. The third-order valence-corrected chi connectivity index (χ3v) is 5.31. The lowest BCUT2D eigenvalue weighted by Gasteiger charge is -2.11. The molecular formula is C28H24O7. The van der Waals surface area contributed by atoms with E-state index in [1.165, 1.54) is 18.2 Å². The van der Waals surface area contributed by atoms with E-state index in [2.05, 4.69) is 0 Å². The first-order chi connectivity index (χ1) is 16.9. The van der Waals surface area contributed by atoms with Crippen LogP contribution in [0.25, 0.3) is 11.0 Å². The van der Waals surface area contributed by atoms with Crippen LogP contribution in [0.2, 0.25) is 0 Å². The number of ether oxygens (including phenoxy) is 3. The molecule has 1 heterocycles. The van der Waals surface area contributed by atoms with Gasteiger partial charge in [0.15, 0.2) is 0 Å². The smallest absolute Gasteiger partial charge is 0.343 e. The van der Waals surface area contributed by atoms with Crippen LogP contribution in [0.1, 0.15) is 45.4 Å². The molecule has 0 spiro atoms. The molecule has 0 amide bonds. The molecule has 0 saturated carbocycles. The van der Waals surface area contributed by atoms with Gasteiger partial charge in [0.1, 0.15) is 22.8 Å². The van der Waals surface area contributed by atoms with Crippen molar-refractivity contribution < 1.29 is 28.2 Å². The van der Waals surface area contributed by atoms with E-state index in [1.54, 1.807) is 43.3 Å². The lowest BCUT2D eigenvalue weighted by atomic mass is 10.1. The van der Waals surface area contributed by atoms with Gasteiger partial charge >= 0.3 is 11.9 Å². The fourth-order valence-electron chi connectivity index (χ4n) is 3.47. The molecule has 0 radical (unpaired) electrons. The number of esters is 2. The fraction of sp³-hybridized carbons (Fsp3) is 0.179. The molecule has 7 nitrogen and oxygen atoms in total. The molecule has 0 bridgehead atoms. The van der Waals surface area contributed by atoms with E-state index in [4.69, 9.17) is 18.6 Å². The predicted molar refractivity (Wildman–Crippen MR) is 130 cm³/mol. The van der Waals surface area contributed by atoms with Crippen LogP contribution < -0.4 is 14.9 Å². The second-order valence-corrected chi connectivity index (χ2v) is 7.94. The standard InChI is InChI=1S/C28H24O7/c1-4-15-32-27(30)19-9-11-20(12-10-19)34-26-18(3)33-24-16-21(13-14-23(24)25(26)29)35-28(31)22-8-6-5-7-17(22)2/h5-14,16H,4,15H2,1-3H3. The largest absolute Gasteiger partial charge is 0.462 e. The number of rotatable bonds is 7. The Kier molecular flexibility index (Phi) is 6.96. The molecule has 4 rings (SSSR count). The Morgan fingerprint density at radius 1 is 0.886 bits per heavy atom. The third-order valence-electron chi connectivity index (χ3n) is 5.31. The lowest BCUT2D eigenvalue weighted by Crippen LogP contribution is -2.11. The number of carbonyl (C=O) groups excluding carboxylic acids is 2. The second-order valence-electron chi connectivity index (χ2n) is 7.94. The highest BCUT2D eigenvalue weighted by atomic mass is 16.5. The van der Waals surface area contributed by atoms with Gasteiger partial charge in [0.05, 0.1) is 23.1 Å². The van der Waals surface area contributed by atoms with Crippen molar-refractivity contribution in [3.05, 3.63) is 99.4 Å². The lowest BCUT2D eigenvalue weighted by molar-refractivity contribution is 0.0504. The summed E-state index contributed by atoms with van der Waals surface area (Å²) >= 11 is 0. The zero-order chi connectivity index (χ0) is 24.9. The first-order valence-corrected chi connectivity index (χ1v) is 11.2. The second kappa shape index (κ2) is 10.3. The Labute approximate surface area is 201 Å². The summed E-state index contributed by atoms with van der Waals surface area (Å²) in [5, 5.41) is 0.279. The van der Waals surface area contributed by atoms with E-state index in [9.17, 15) is 14.4 Å². The van der Waals surface area contributed by atoms with Gasteiger partial charge in [-0.05, 0) is 68.3 Å². The summed E-state index contributed by atoms with van der Waals surface area (Å²) in [5.41, 5.74) is 1.55. The number of carbonyl (C=O) groups is 2. The van der Waals surface area contributed by atoms with Crippen LogP contribution in [0.4, 0.5) is 0 Å². The Balaban J connectivity index is 1.56. The third kappa shape index (κ3) is 5.24. The van der Waals surface area contributed by atoms with Crippen LogP contribution in [0.5, 0.6) is 17.2 Å². The van der Waals surface area contributed by atoms with Gasteiger partial charge < -0.3 is 18.6 Å². The van der Waals surface area contributed by atoms with Crippen molar-refractivity contribution in [2.24, 2.45) is 0 Å². The maximum absolute atomic E-state index is 13.1. The average Bonchev–Trinajstić information content (AvgIpc) is 2.85. The van der Waals surface area contributed by atoms with Crippen LogP contribution in [0, 0.1) is 13.8 Å². The van der Waals surface area contributed by atoms with E-state index in [0.717, 1.165) is 12.0 Å². The minimum Gasteiger partial charge on any atom is -0.462 e. The summed E-state index contributed by atoms with van der Waals surface area (Å²) in [5.74, 6) is 0.00472. The van der Waals surface area contributed by atoms with Crippen LogP contribution in [0.15, 0.2) is 75.9 Å². The van der Waals surface area contributed by atoms with Gasteiger partial charge in [-0.1, -0.05) is 25.1 Å². The molecule has 0 saturated heterocycles. The summed E-state index contributed by atoms with van der Waals surface area (Å²) in [6.45, 7) is 5.70. The van der Waals surface area contributed by atoms with Gasteiger partial charge in [-0.15, -0.1) is 0 Å². The highest BCUT2D eigenvalue weighted by Gasteiger charge is 2.17. The van der Waals surface area contributed by atoms with Crippen molar-refractivity contribution in [3.8, 4) is 17.2 Å². The van der Waals surface area contributed by atoms with Gasteiger partial charge in [0.25, 0.3) is 0 Å². The topological polar surface area (TPSA) is 92.0 Å². The van der Waals surface area contributed by atoms with Crippen LogP contribution in [-0.4, -0.2) is 18.5 Å². The van der Waals surface area contributed by atoms with Crippen molar-refractivity contribution >= 4 is 22.9 Å². The number of hydrogen-bond donors (Lipinski definition) is 0. The first-order valence-electron chi connectivity index (χ1n) is 11.2. The minimum absolute atomic E-state index is 0.0310. The summed E-state index contributed by atoms with van der Waals surface area (Å²) in [7, 11) is 0. The fourth-order valence-corrected chi connectivity index (χ4v) is 3.47. The van der Waals surface area contributed by atoms with Gasteiger partial charge in [0.2, 0.25) is 11.2 Å². The zero-order valence-corrected chi connectivity index (χ0v) is 19.6. The molecular weight excluding hydrogens is 448 g/mol. The molecule has 35 heavy (non-hydrogen) atoms. The number of fused-ring (bicyclic) bond motifs is 1. The molecule has 178 valence electrons. The van der Waals surface area contributed by atoms with E-state index >= 15 is 0 Å². The number of aryl methyl sites for hydroxylation is 2. The monoisotopic (exact) mass is 472 g/mol. The summed E-state index contributed by atoms with van der Waals surface area (Å²) in [6, 6.07) is 18.0. The Hall–Kier alpha value is -4.39. The van der Waals surface area contributed by atoms with E-state index in [1.807, 2.05) is 26.0 Å². The number of hydrogen-bond acceptors (Lipinski definition) is 7. The predicted octanol–water partition coefficient (Wildman–Crippen LogP) is 5.99. The van der Waals surface area contributed by atoms with Crippen molar-refractivity contribution in [1.29, 1.82) is 0 Å². The molecule has 0 aliphatic carbocycles. The van der Waals surface area contributed by atoms with Crippen molar-refractivity contribution in [3.63, 3.8) is 0 Å². The molecule has 0 atom stereocenters. The SMILES string of the molecule is CCCOC(=O)c1ccc(Oc2c(C)oc3cc(OC(=O)c4ccccc4C)ccc3c2=O)cc1. The molecule has 0 aliphatic heterocycles. The van der Waals surface area contributed by atoms with E-state index < -0.39 is 11.9 Å². The van der Waals surface area contributed by atoms with Crippen LogP contribution >= 0.6 is 0 Å². The maximum Gasteiger partial charge on any atom is 0.343 e. The van der Waals surface area contributed by atoms with Gasteiger partial charge in [-0.2, -0.15) is 0 Å². The molecule has 4 aromatic rings. The average molecular weight is 472 g/mol. The van der Waals surface area contributed by atoms with Crippen LogP contribution in [0.3, 0.4) is 0 Å². The van der Waals surface area contributed by atoms with Crippen LogP contribution in [-0.2, 0) is 4.74 Å². The normalized spacial score (nSPS) is 10.7. The Morgan fingerprint density at radius 2 is 1.60 bits per heavy atom. The molecule has 7 heteroatoms. The minimum atomic E-state index is -0.497. The van der Waals surface area contributed by atoms with Gasteiger partial charge in [-0.3, -0.25) is 4.79 Å². The molecule has 3 aromatic carbocycles. The number of benzene rings is 3. The molecule has 0 unspecified atom stereocenters. The van der Waals surface area contributed by atoms with Gasteiger partial charge in [0, 0.05) is 6.07 Å². The van der Waals surface area contributed by atoms with Crippen molar-refractivity contribution in [1.82, 2.24) is 0 Å². The van der Waals surface area contributed by atoms with Crippen molar-refractivity contribution in [2.45, 2.75) is 27.2 Å². The summed E-state index contributed by atoms with van der Waals surface area (Å²) in [4.78, 5) is 37.6. The van der Waals surface area contributed by atoms with E-state index in [-0.39, 0.29) is 33.7 Å². The van der Waals surface area contributed by atoms with Gasteiger partial charge in [-0.25, -0.2) is 9.59 Å². The highest BCUT2D eigenvalue weighted by molar-refractivity contribution is 5.93. The molecule has 0 N–H and O–H groups in total. The first kappa shape index (κ1) is 23.8. The van der Waals surface area contributed by atoms with Crippen molar-refractivity contribution in [2.75, 3.05) is 6.61 Å². The molecule has 0 aliphatic rings.